The van der Waals surface area contributed by atoms with Crippen molar-refractivity contribution >= 4 is 23.7 Å². The van der Waals surface area contributed by atoms with Gasteiger partial charge in [-0.15, -0.1) is 0 Å². The number of carbonyl (C=O) groups is 1. The minimum atomic E-state index is -0.225. The van der Waals surface area contributed by atoms with Crippen molar-refractivity contribution in [3.63, 3.8) is 0 Å². The molecule has 0 saturated heterocycles. The molecule has 1 atom stereocenters. The van der Waals surface area contributed by atoms with E-state index < -0.39 is 0 Å². The monoisotopic (exact) mass is 302 g/mol. The lowest BCUT2D eigenvalue weighted by molar-refractivity contribution is -0.107. The number of aldehydes is 1. The summed E-state index contributed by atoms with van der Waals surface area (Å²) < 4.78 is 5.75. The van der Waals surface area contributed by atoms with Crippen LogP contribution in [0.5, 0.6) is 11.6 Å². The van der Waals surface area contributed by atoms with Gasteiger partial charge in [0.1, 0.15) is 17.5 Å². The van der Waals surface area contributed by atoms with E-state index in [4.69, 9.17) is 4.74 Å². The predicted molar refractivity (Wildman–Crippen MR) is 80.6 cm³/mol. The lowest BCUT2D eigenvalue weighted by atomic mass is 10.3. The second-order valence-electron chi connectivity index (χ2n) is 4.46. The molecule has 6 nitrogen and oxygen atoms in total. The Balaban J connectivity index is 1.77. The zero-order valence-corrected chi connectivity index (χ0v) is 12.2. The molecule has 0 saturated carbocycles. The second-order valence-corrected chi connectivity index (χ2v) is 5.64. The summed E-state index contributed by atoms with van der Waals surface area (Å²) in [6.45, 7) is 0.657. The van der Waals surface area contributed by atoms with Crippen molar-refractivity contribution < 1.29 is 9.53 Å². The van der Waals surface area contributed by atoms with Crippen molar-refractivity contribution in [1.82, 2.24) is 15.3 Å². The number of benzene rings is 1. The number of nitrogens with zero attached hydrogens (tertiary/aromatic N) is 2. The van der Waals surface area contributed by atoms with Crippen molar-refractivity contribution in [3.05, 3.63) is 36.3 Å². The Hall–Kier alpha value is -2.12. The highest BCUT2D eigenvalue weighted by atomic mass is 32.2. The largest absolute Gasteiger partial charge is 0.439 e. The molecule has 0 radical (unpaired) electrons. The highest BCUT2D eigenvalue weighted by Crippen LogP contribution is 2.40. The maximum Gasteiger partial charge on any atom is 0.222 e. The lowest BCUT2D eigenvalue weighted by Gasteiger charge is -2.07. The Morgan fingerprint density at radius 3 is 3.14 bits per heavy atom. The molecular weight excluding hydrogens is 288 g/mol. The zero-order chi connectivity index (χ0) is 14.7. The molecule has 0 fully saturated rings. The Kier molecular flexibility index (Phi) is 4.03. The highest BCUT2D eigenvalue weighted by Gasteiger charge is 2.21. The molecule has 2 heterocycles. The van der Waals surface area contributed by atoms with Crippen molar-refractivity contribution in [1.29, 1.82) is 0 Å². The van der Waals surface area contributed by atoms with E-state index in [1.54, 1.807) is 6.07 Å². The van der Waals surface area contributed by atoms with Crippen LogP contribution in [0, 0.1) is 0 Å². The molecule has 0 aliphatic carbocycles. The summed E-state index contributed by atoms with van der Waals surface area (Å²) in [6, 6.07) is 7.44. The molecule has 0 amide bonds. The zero-order valence-electron chi connectivity index (χ0n) is 11.4. The van der Waals surface area contributed by atoms with Gasteiger partial charge in [-0.05, 0) is 25.2 Å². The van der Waals surface area contributed by atoms with Gasteiger partial charge in [-0.3, -0.25) is 0 Å². The van der Waals surface area contributed by atoms with Gasteiger partial charge in [-0.2, -0.15) is 0 Å². The molecule has 108 valence electrons. The Morgan fingerprint density at radius 2 is 2.33 bits per heavy atom. The summed E-state index contributed by atoms with van der Waals surface area (Å²) in [4.78, 5) is 20.1. The minimum absolute atomic E-state index is 0.225. The molecular formula is C14H14N4O2S. The number of thioether (sulfide) groups is 1. The average Bonchev–Trinajstić information content (AvgIpc) is 2.90. The summed E-state index contributed by atoms with van der Waals surface area (Å²) in [5.41, 5.74) is 1.81. The van der Waals surface area contributed by atoms with E-state index in [1.807, 2.05) is 25.2 Å². The predicted octanol–water partition coefficient (Wildman–Crippen LogP) is 2.03. The maximum atomic E-state index is 10.8. The second kappa shape index (κ2) is 6.11. The SMILES string of the molecule is CNCc1cc(Oc2ccc3c(c2)SC(C=O)N3)ncn1. The van der Waals surface area contributed by atoms with Gasteiger partial charge >= 0.3 is 0 Å². The number of ether oxygens (including phenoxy) is 1. The fourth-order valence-corrected chi connectivity index (χ4v) is 2.95. The summed E-state index contributed by atoms with van der Waals surface area (Å²) in [6.07, 6.45) is 2.37. The molecule has 1 aromatic carbocycles. The van der Waals surface area contributed by atoms with E-state index in [0.717, 1.165) is 22.6 Å². The van der Waals surface area contributed by atoms with Crippen molar-refractivity contribution in [2.75, 3.05) is 12.4 Å². The smallest absolute Gasteiger partial charge is 0.222 e. The molecule has 2 aromatic rings. The molecule has 0 bridgehead atoms. The van der Waals surface area contributed by atoms with Crippen LogP contribution in [0.3, 0.4) is 0 Å². The van der Waals surface area contributed by atoms with Crippen LogP contribution in [-0.4, -0.2) is 28.7 Å². The summed E-state index contributed by atoms with van der Waals surface area (Å²) in [5, 5.41) is 5.91. The highest BCUT2D eigenvalue weighted by molar-refractivity contribution is 8.01. The van der Waals surface area contributed by atoms with Gasteiger partial charge in [0.25, 0.3) is 0 Å². The molecule has 1 aliphatic rings. The number of hydrogen-bond acceptors (Lipinski definition) is 7. The van der Waals surface area contributed by atoms with E-state index >= 15 is 0 Å². The number of anilines is 1. The average molecular weight is 302 g/mol. The van der Waals surface area contributed by atoms with Crippen molar-refractivity contribution in [2.24, 2.45) is 0 Å². The number of hydrogen-bond donors (Lipinski definition) is 2. The first kappa shape index (κ1) is 13.8. The Bertz CT molecular complexity index is 665. The van der Waals surface area contributed by atoms with Crippen LogP contribution in [0.15, 0.2) is 35.5 Å². The van der Waals surface area contributed by atoms with E-state index in [0.29, 0.717) is 18.2 Å². The molecule has 3 rings (SSSR count). The van der Waals surface area contributed by atoms with E-state index in [2.05, 4.69) is 20.6 Å². The van der Waals surface area contributed by atoms with Crippen LogP contribution in [-0.2, 0) is 11.3 Å². The molecule has 0 spiro atoms. The van der Waals surface area contributed by atoms with Crippen LogP contribution in [0.25, 0.3) is 0 Å². The number of carbonyl (C=O) groups excluding carboxylic acids is 1. The van der Waals surface area contributed by atoms with E-state index in [9.17, 15) is 4.79 Å². The molecule has 1 aliphatic heterocycles. The Labute approximate surface area is 126 Å². The molecule has 2 N–H and O–H groups in total. The number of aromatic nitrogens is 2. The summed E-state index contributed by atoms with van der Waals surface area (Å²) in [5.74, 6) is 1.18. The van der Waals surface area contributed by atoms with E-state index in [-0.39, 0.29) is 5.37 Å². The fourth-order valence-electron chi connectivity index (χ4n) is 2.00. The van der Waals surface area contributed by atoms with Crippen LogP contribution in [0.1, 0.15) is 5.69 Å². The van der Waals surface area contributed by atoms with Gasteiger partial charge in [-0.1, -0.05) is 11.8 Å². The van der Waals surface area contributed by atoms with Gasteiger partial charge in [-0.25, -0.2) is 9.97 Å². The Morgan fingerprint density at radius 1 is 1.43 bits per heavy atom. The van der Waals surface area contributed by atoms with Crippen LogP contribution in [0.4, 0.5) is 5.69 Å². The quantitative estimate of drug-likeness (QED) is 0.818. The molecule has 7 heteroatoms. The van der Waals surface area contributed by atoms with Gasteiger partial charge < -0.3 is 20.2 Å². The standard InChI is InChI=1S/C14H14N4O2S/c1-15-6-9-4-13(17-8-16-9)20-10-2-3-11-12(5-10)21-14(7-19)18-11/h2-5,7-8,14-15,18H,6H2,1H3. The van der Waals surface area contributed by atoms with Gasteiger partial charge in [0.05, 0.1) is 5.69 Å². The van der Waals surface area contributed by atoms with E-state index in [1.165, 1.54) is 18.1 Å². The normalized spacial score (nSPS) is 16.1. The fraction of sp³-hybridized carbons (Fsp3) is 0.214. The number of rotatable bonds is 5. The van der Waals surface area contributed by atoms with Crippen LogP contribution >= 0.6 is 11.8 Å². The molecule has 21 heavy (non-hydrogen) atoms. The number of nitrogens with one attached hydrogen (secondary N) is 2. The number of fused-ring (bicyclic) bond motifs is 1. The topological polar surface area (TPSA) is 76.1 Å². The molecule has 1 aromatic heterocycles. The minimum Gasteiger partial charge on any atom is -0.439 e. The third kappa shape index (κ3) is 3.14. The first-order valence-electron chi connectivity index (χ1n) is 6.44. The summed E-state index contributed by atoms with van der Waals surface area (Å²) >= 11 is 1.47. The van der Waals surface area contributed by atoms with Crippen molar-refractivity contribution in [2.45, 2.75) is 16.8 Å². The van der Waals surface area contributed by atoms with Crippen LogP contribution in [0.2, 0.25) is 0 Å². The van der Waals surface area contributed by atoms with Crippen LogP contribution < -0.4 is 15.4 Å². The van der Waals surface area contributed by atoms with Gasteiger partial charge in [0.2, 0.25) is 5.88 Å². The maximum absolute atomic E-state index is 10.8. The summed E-state index contributed by atoms with van der Waals surface area (Å²) in [7, 11) is 1.86. The molecule has 1 unspecified atom stereocenters. The first-order valence-corrected chi connectivity index (χ1v) is 7.32. The lowest BCUT2D eigenvalue weighted by Crippen LogP contribution is -2.10. The third-order valence-electron chi connectivity index (χ3n) is 2.91. The third-order valence-corrected chi connectivity index (χ3v) is 3.98. The van der Waals surface area contributed by atoms with Crippen molar-refractivity contribution in [3.8, 4) is 11.6 Å². The van der Waals surface area contributed by atoms with Gasteiger partial charge in [0, 0.05) is 23.2 Å². The van der Waals surface area contributed by atoms with Gasteiger partial charge in [0.15, 0.2) is 6.29 Å². The first-order chi connectivity index (χ1) is 10.3.